The molecule has 0 radical (unpaired) electrons. The Hall–Kier alpha value is -0.790. The minimum atomic E-state index is -0.163. The van der Waals surface area contributed by atoms with Crippen LogP contribution in [0.3, 0.4) is 0 Å². The van der Waals surface area contributed by atoms with Gasteiger partial charge in [-0.2, -0.15) is 0 Å². The van der Waals surface area contributed by atoms with Crippen LogP contribution in [0.15, 0.2) is 11.1 Å². The molecule has 0 saturated carbocycles. The highest BCUT2D eigenvalue weighted by Crippen LogP contribution is 2.19. The zero-order valence-corrected chi connectivity index (χ0v) is 15.4. The van der Waals surface area contributed by atoms with Crippen molar-refractivity contribution in [1.29, 1.82) is 0 Å². The molecule has 2 nitrogen and oxygen atoms in total. The van der Waals surface area contributed by atoms with E-state index in [1.165, 1.54) is 70.6 Å². The van der Waals surface area contributed by atoms with E-state index in [0.29, 0.717) is 6.42 Å². The molecular formula is C20H39NO. The van der Waals surface area contributed by atoms with Gasteiger partial charge in [-0.3, -0.25) is 4.79 Å². The summed E-state index contributed by atoms with van der Waals surface area (Å²) in [5, 5.41) is 0. The molecule has 2 N–H and O–H groups in total. The summed E-state index contributed by atoms with van der Waals surface area (Å²) in [4.78, 5) is 10.6. The van der Waals surface area contributed by atoms with Crippen LogP contribution in [-0.2, 0) is 4.79 Å². The van der Waals surface area contributed by atoms with Crippen molar-refractivity contribution in [1.82, 2.24) is 0 Å². The van der Waals surface area contributed by atoms with Crippen LogP contribution >= 0.6 is 0 Å². The predicted molar refractivity (Wildman–Crippen MR) is 97.9 cm³/mol. The molecule has 0 aliphatic rings. The molecule has 1 amide bonds. The molecule has 0 fully saturated rings. The van der Waals surface area contributed by atoms with Crippen molar-refractivity contribution in [2.45, 2.75) is 111 Å². The number of nitrogens with two attached hydrogens (primary N) is 1. The molecule has 0 unspecified atom stereocenters. The van der Waals surface area contributed by atoms with Crippen LogP contribution in [-0.4, -0.2) is 5.91 Å². The van der Waals surface area contributed by atoms with E-state index in [9.17, 15) is 4.79 Å². The molecule has 0 aromatic heterocycles. The second-order valence-electron chi connectivity index (χ2n) is 6.81. The number of primary amides is 1. The van der Waals surface area contributed by atoms with E-state index in [4.69, 9.17) is 5.73 Å². The van der Waals surface area contributed by atoms with Crippen molar-refractivity contribution < 1.29 is 4.79 Å². The number of allylic oxidation sites excluding steroid dienone is 2. The van der Waals surface area contributed by atoms with Crippen LogP contribution in [0, 0.1) is 0 Å². The molecule has 0 aliphatic heterocycles. The van der Waals surface area contributed by atoms with Crippen LogP contribution in [0.5, 0.6) is 0 Å². The van der Waals surface area contributed by atoms with Crippen molar-refractivity contribution >= 4 is 5.91 Å². The minimum Gasteiger partial charge on any atom is -0.370 e. The summed E-state index contributed by atoms with van der Waals surface area (Å²) >= 11 is 0. The van der Waals surface area contributed by atoms with E-state index in [1.807, 2.05) is 0 Å². The summed E-state index contributed by atoms with van der Waals surface area (Å²) < 4.78 is 0. The third kappa shape index (κ3) is 14.2. The Morgan fingerprint density at radius 1 is 0.636 bits per heavy atom. The van der Waals surface area contributed by atoms with Gasteiger partial charge in [-0.15, -0.1) is 0 Å². The molecule has 2 heteroatoms. The van der Waals surface area contributed by atoms with Crippen LogP contribution in [0.4, 0.5) is 0 Å². The first kappa shape index (κ1) is 21.2. The summed E-state index contributed by atoms with van der Waals surface area (Å²) in [5.41, 5.74) is 8.35. The first-order valence-corrected chi connectivity index (χ1v) is 9.51. The number of amides is 1. The lowest BCUT2D eigenvalue weighted by Gasteiger charge is -2.08. The van der Waals surface area contributed by atoms with Crippen molar-refractivity contribution in [3.05, 3.63) is 11.1 Å². The molecule has 0 aliphatic carbocycles. The molecule has 130 valence electrons. The van der Waals surface area contributed by atoms with Crippen LogP contribution in [0.25, 0.3) is 0 Å². The lowest BCUT2D eigenvalue weighted by molar-refractivity contribution is -0.118. The number of hydrogen-bond acceptors (Lipinski definition) is 1. The molecule has 0 heterocycles. The van der Waals surface area contributed by atoms with E-state index in [1.54, 1.807) is 11.1 Å². The van der Waals surface area contributed by atoms with Gasteiger partial charge in [0, 0.05) is 6.42 Å². The molecule has 22 heavy (non-hydrogen) atoms. The van der Waals surface area contributed by atoms with Gasteiger partial charge >= 0.3 is 0 Å². The third-order valence-corrected chi connectivity index (χ3v) is 4.61. The smallest absolute Gasteiger partial charge is 0.217 e. The zero-order valence-electron chi connectivity index (χ0n) is 15.4. The van der Waals surface area contributed by atoms with E-state index in [-0.39, 0.29) is 5.91 Å². The highest BCUT2D eigenvalue weighted by Gasteiger charge is 1.99. The van der Waals surface area contributed by atoms with E-state index in [0.717, 1.165) is 12.8 Å². The molecule has 0 rings (SSSR count). The van der Waals surface area contributed by atoms with Gasteiger partial charge in [0.1, 0.15) is 0 Å². The standard InChI is InChI=1S/C20H39NO/c1-4-5-6-7-9-12-15-18(2)19(3)16-13-10-8-11-14-17-20(21)22/h4-17H2,1-3H3,(H2,21,22)/b19-18-. The van der Waals surface area contributed by atoms with Gasteiger partial charge in [-0.1, -0.05) is 69.4 Å². The summed E-state index contributed by atoms with van der Waals surface area (Å²) in [5.74, 6) is -0.163. The molecule has 0 atom stereocenters. The largest absolute Gasteiger partial charge is 0.370 e. The van der Waals surface area contributed by atoms with Gasteiger partial charge in [0.05, 0.1) is 0 Å². The third-order valence-electron chi connectivity index (χ3n) is 4.61. The molecular weight excluding hydrogens is 270 g/mol. The van der Waals surface area contributed by atoms with Gasteiger partial charge in [-0.25, -0.2) is 0 Å². The van der Waals surface area contributed by atoms with Crippen molar-refractivity contribution in [2.75, 3.05) is 0 Å². The monoisotopic (exact) mass is 309 g/mol. The predicted octanol–water partition coefficient (Wildman–Crippen LogP) is 6.29. The Morgan fingerprint density at radius 2 is 1.00 bits per heavy atom. The minimum absolute atomic E-state index is 0.163. The second-order valence-corrected chi connectivity index (χ2v) is 6.81. The molecule has 0 aromatic carbocycles. The van der Waals surface area contributed by atoms with Crippen LogP contribution in [0.1, 0.15) is 111 Å². The van der Waals surface area contributed by atoms with E-state index >= 15 is 0 Å². The Labute approximate surface area is 138 Å². The zero-order chi connectivity index (χ0) is 16.6. The summed E-state index contributed by atoms with van der Waals surface area (Å²) in [7, 11) is 0. The van der Waals surface area contributed by atoms with Gasteiger partial charge in [-0.05, 0) is 46.0 Å². The van der Waals surface area contributed by atoms with Gasteiger partial charge in [0.2, 0.25) is 5.91 Å². The van der Waals surface area contributed by atoms with Crippen LogP contribution < -0.4 is 5.73 Å². The molecule has 0 bridgehead atoms. The molecule has 0 aromatic rings. The Kier molecular flexibility index (Phi) is 14.6. The summed E-state index contributed by atoms with van der Waals surface area (Å²) in [6.45, 7) is 6.89. The normalized spacial score (nSPS) is 12.3. The Balaban J connectivity index is 3.53. The van der Waals surface area contributed by atoms with Crippen molar-refractivity contribution in [3.63, 3.8) is 0 Å². The number of carbonyl (C=O) groups is 1. The Morgan fingerprint density at radius 3 is 1.41 bits per heavy atom. The maximum absolute atomic E-state index is 10.6. The van der Waals surface area contributed by atoms with E-state index in [2.05, 4.69) is 20.8 Å². The van der Waals surface area contributed by atoms with Gasteiger partial charge in [0.25, 0.3) is 0 Å². The fraction of sp³-hybridized carbons (Fsp3) is 0.850. The average Bonchev–Trinajstić information content (AvgIpc) is 2.49. The fourth-order valence-electron chi connectivity index (χ4n) is 2.82. The Bertz CT molecular complexity index is 307. The highest BCUT2D eigenvalue weighted by molar-refractivity contribution is 5.73. The lowest BCUT2D eigenvalue weighted by atomic mass is 9.98. The second kappa shape index (κ2) is 15.1. The van der Waals surface area contributed by atoms with Crippen molar-refractivity contribution in [2.24, 2.45) is 5.73 Å². The quantitative estimate of drug-likeness (QED) is 0.280. The van der Waals surface area contributed by atoms with Crippen molar-refractivity contribution in [3.8, 4) is 0 Å². The lowest BCUT2D eigenvalue weighted by Crippen LogP contribution is -2.09. The van der Waals surface area contributed by atoms with Crippen LogP contribution in [0.2, 0.25) is 0 Å². The van der Waals surface area contributed by atoms with Gasteiger partial charge in [0.15, 0.2) is 0 Å². The number of unbranched alkanes of at least 4 members (excludes halogenated alkanes) is 9. The maximum atomic E-state index is 10.6. The highest BCUT2D eigenvalue weighted by atomic mass is 16.1. The van der Waals surface area contributed by atoms with E-state index < -0.39 is 0 Å². The number of carbonyl (C=O) groups excluding carboxylic acids is 1. The molecule has 0 saturated heterocycles. The number of rotatable bonds is 15. The fourth-order valence-corrected chi connectivity index (χ4v) is 2.82. The average molecular weight is 310 g/mol. The maximum Gasteiger partial charge on any atom is 0.217 e. The first-order chi connectivity index (χ1) is 10.6. The molecule has 0 spiro atoms. The summed E-state index contributed by atoms with van der Waals surface area (Å²) in [6.07, 6.45) is 17.3. The SMILES string of the molecule is CCCCCCCC/C(C)=C(/C)CCCCCCCC(N)=O. The summed E-state index contributed by atoms with van der Waals surface area (Å²) in [6, 6.07) is 0. The van der Waals surface area contributed by atoms with Gasteiger partial charge < -0.3 is 5.73 Å². The topological polar surface area (TPSA) is 43.1 Å². The number of hydrogen-bond donors (Lipinski definition) is 1. The first-order valence-electron chi connectivity index (χ1n) is 9.51.